The quantitative estimate of drug-likeness (QED) is 0.618. The molecular weight excluding hydrogens is 376 g/mol. The van der Waals surface area contributed by atoms with Crippen molar-refractivity contribution in [2.75, 3.05) is 23.9 Å². The fraction of sp³-hybridized carbons (Fsp3) is 0.562. The van der Waals surface area contributed by atoms with Gasteiger partial charge in [-0.25, -0.2) is 0 Å². The highest BCUT2D eigenvalue weighted by atomic mass is 16.6. The summed E-state index contributed by atoms with van der Waals surface area (Å²) in [6.45, 7) is 3.55. The van der Waals surface area contributed by atoms with Crippen LogP contribution >= 0.6 is 0 Å². The van der Waals surface area contributed by atoms with Crippen molar-refractivity contribution < 1.29 is 33.3 Å². The first kappa shape index (κ1) is 19.6. The van der Waals surface area contributed by atoms with Crippen molar-refractivity contribution >= 4 is 29.4 Å². The second-order valence-electron chi connectivity index (χ2n) is 6.27. The minimum Gasteiger partial charge on any atom is -0.468 e. The molecule has 1 amide bonds. The summed E-state index contributed by atoms with van der Waals surface area (Å²) in [5.41, 5.74) is -0.724. The number of H-pyrrole nitrogens is 1. The zero-order valence-corrected chi connectivity index (χ0v) is 15.7. The summed E-state index contributed by atoms with van der Waals surface area (Å²) >= 11 is 0. The number of nitrogens with zero attached hydrogens (tertiary/aromatic N) is 2. The molecule has 0 aromatic carbocycles. The van der Waals surface area contributed by atoms with Gasteiger partial charge in [-0.3, -0.25) is 29.1 Å². The Hall–Kier alpha value is -3.15. The van der Waals surface area contributed by atoms with E-state index in [1.807, 2.05) is 0 Å². The fourth-order valence-electron chi connectivity index (χ4n) is 3.36. The van der Waals surface area contributed by atoms with Crippen LogP contribution < -0.4 is 20.5 Å². The van der Waals surface area contributed by atoms with Crippen LogP contribution in [0.3, 0.4) is 0 Å². The Labute approximate surface area is 159 Å². The van der Waals surface area contributed by atoms with E-state index in [-0.39, 0.29) is 24.1 Å². The van der Waals surface area contributed by atoms with Gasteiger partial charge in [0.25, 0.3) is 11.6 Å². The highest BCUT2D eigenvalue weighted by molar-refractivity contribution is 5.96. The molecule has 1 saturated heterocycles. The summed E-state index contributed by atoms with van der Waals surface area (Å²) in [5, 5.41) is 2.92. The van der Waals surface area contributed by atoms with E-state index in [0.717, 1.165) is 4.90 Å². The SMILES string of the molecule is COc1nc2c(c(=O)[nH]1)N(C(C)=O)[C@H]1[C@@H](OC(C)=O)[C@H](OC(C)=O)CO[C@H]1N2. The predicted molar refractivity (Wildman–Crippen MR) is 92.8 cm³/mol. The third-order valence-electron chi connectivity index (χ3n) is 4.30. The zero-order chi connectivity index (χ0) is 20.6. The summed E-state index contributed by atoms with van der Waals surface area (Å²) in [5.74, 6) is -1.69. The third kappa shape index (κ3) is 3.50. The first-order chi connectivity index (χ1) is 13.2. The zero-order valence-electron chi connectivity index (χ0n) is 15.7. The smallest absolute Gasteiger partial charge is 0.303 e. The maximum atomic E-state index is 12.6. The minimum absolute atomic E-state index is 0.0525. The molecule has 12 nitrogen and oxygen atoms in total. The van der Waals surface area contributed by atoms with E-state index in [9.17, 15) is 19.2 Å². The molecule has 1 aromatic heterocycles. The number of hydrogen-bond acceptors (Lipinski definition) is 10. The number of esters is 2. The van der Waals surface area contributed by atoms with Crippen LogP contribution in [-0.4, -0.2) is 66.0 Å². The highest BCUT2D eigenvalue weighted by Gasteiger charge is 2.52. The summed E-state index contributed by atoms with van der Waals surface area (Å²) in [4.78, 5) is 55.8. The van der Waals surface area contributed by atoms with Gasteiger partial charge >= 0.3 is 11.9 Å². The number of nitrogens with one attached hydrogen (secondary N) is 2. The van der Waals surface area contributed by atoms with Gasteiger partial charge < -0.3 is 24.3 Å². The van der Waals surface area contributed by atoms with Crippen LogP contribution in [0.5, 0.6) is 6.01 Å². The summed E-state index contributed by atoms with van der Waals surface area (Å²) in [6.07, 6.45) is -2.89. The van der Waals surface area contributed by atoms with Crippen molar-refractivity contribution in [3.63, 3.8) is 0 Å². The number of hydrogen-bond donors (Lipinski definition) is 2. The van der Waals surface area contributed by atoms with Crippen LogP contribution in [0.1, 0.15) is 20.8 Å². The Bertz CT molecular complexity index is 869. The normalized spacial score (nSPS) is 25.6. The van der Waals surface area contributed by atoms with Crippen LogP contribution in [0.25, 0.3) is 0 Å². The molecule has 1 fully saturated rings. The lowest BCUT2D eigenvalue weighted by atomic mass is 9.96. The topological polar surface area (TPSA) is 149 Å². The predicted octanol–water partition coefficient (Wildman–Crippen LogP) is -0.855. The Kier molecular flexibility index (Phi) is 5.23. The van der Waals surface area contributed by atoms with Gasteiger partial charge in [-0.2, -0.15) is 4.98 Å². The second kappa shape index (κ2) is 7.46. The van der Waals surface area contributed by atoms with E-state index < -0.39 is 47.9 Å². The fourth-order valence-corrected chi connectivity index (χ4v) is 3.36. The van der Waals surface area contributed by atoms with Gasteiger partial charge in [0.2, 0.25) is 5.91 Å². The first-order valence-electron chi connectivity index (χ1n) is 8.43. The molecule has 0 bridgehead atoms. The minimum atomic E-state index is -1.06. The summed E-state index contributed by atoms with van der Waals surface area (Å²) in [6, 6.07) is -1.02. The maximum absolute atomic E-state index is 12.6. The van der Waals surface area contributed by atoms with Crippen LogP contribution in [0.15, 0.2) is 4.79 Å². The lowest BCUT2D eigenvalue weighted by Crippen LogP contribution is -2.68. The maximum Gasteiger partial charge on any atom is 0.303 e. The van der Waals surface area contributed by atoms with Gasteiger partial charge in [0.05, 0.1) is 13.7 Å². The van der Waals surface area contributed by atoms with Gasteiger partial charge in [0.15, 0.2) is 29.9 Å². The number of methoxy groups -OCH3 is 1. The van der Waals surface area contributed by atoms with E-state index in [4.69, 9.17) is 18.9 Å². The number of ether oxygens (including phenoxy) is 4. The lowest BCUT2D eigenvalue weighted by molar-refractivity contribution is -0.190. The number of rotatable bonds is 3. The molecule has 152 valence electrons. The molecule has 0 radical (unpaired) electrons. The third-order valence-corrected chi connectivity index (χ3v) is 4.30. The molecule has 3 heterocycles. The number of amides is 1. The van der Waals surface area contributed by atoms with Gasteiger partial charge in [0.1, 0.15) is 6.04 Å². The molecule has 2 N–H and O–H groups in total. The molecular formula is C16H20N4O8. The van der Waals surface area contributed by atoms with Crippen molar-refractivity contribution in [3.8, 4) is 6.01 Å². The van der Waals surface area contributed by atoms with Crippen LogP contribution in [0.4, 0.5) is 11.5 Å². The number of fused-ring (bicyclic) bond motifs is 2. The van der Waals surface area contributed by atoms with Crippen molar-refractivity contribution in [1.82, 2.24) is 9.97 Å². The van der Waals surface area contributed by atoms with E-state index in [0.29, 0.717) is 0 Å². The summed E-state index contributed by atoms with van der Waals surface area (Å²) < 4.78 is 21.2. The number of carbonyl (C=O) groups excluding carboxylic acids is 3. The monoisotopic (exact) mass is 396 g/mol. The number of aromatic amines is 1. The molecule has 0 saturated carbocycles. The van der Waals surface area contributed by atoms with Crippen LogP contribution in [0.2, 0.25) is 0 Å². The van der Waals surface area contributed by atoms with E-state index in [2.05, 4.69) is 15.3 Å². The average molecular weight is 396 g/mol. The number of aromatic nitrogens is 2. The molecule has 0 aliphatic carbocycles. The van der Waals surface area contributed by atoms with E-state index in [1.54, 1.807) is 0 Å². The highest BCUT2D eigenvalue weighted by Crippen LogP contribution is 2.36. The molecule has 0 spiro atoms. The summed E-state index contributed by atoms with van der Waals surface area (Å²) in [7, 11) is 1.33. The average Bonchev–Trinajstić information content (AvgIpc) is 2.60. The lowest BCUT2D eigenvalue weighted by Gasteiger charge is -2.48. The van der Waals surface area contributed by atoms with E-state index >= 15 is 0 Å². The Morgan fingerprint density at radius 2 is 1.86 bits per heavy atom. The molecule has 2 aliphatic rings. The van der Waals surface area contributed by atoms with Gasteiger partial charge in [0, 0.05) is 20.8 Å². The van der Waals surface area contributed by atoms with Crippen molar-refractivity contribution in [3.05, 3.63) is 10.4 Å². The van der Waals surface area contributed by atoms with Crippen molar-refractivity contribution in [2.24, 2.45) is 0 Å². The van der Waals surface area contributed by atoms with Gasteiger partial charge in [-0.05, 0) is 0 Å². The molecule has 1 aromatic rings. The Morgan fingerprint density at radius 3 is 2.43 bits per heavy atom. The standard InChI is InChI=1S/C16H20N4O8/c1-6(21)20-10-12(28-8(3)23)9(27-7(2)22)5-26-15(10)17-13-11(20)14(24)19-16(18-13)25-4/h9-10,12,15H,5H2,1-4H3,(H2,17,18,19,24)/t9-,10+,12+,15-/m1/s1. The van der Waals surface area contributed by atoms with Crippen molar-refractivity contribution in [2.45, 2.75) is 45.2 Å². The molecule has 4 atom stereocenters. The molecule has 2 aliphatic heterocycles. The van der Waals surface area contributed by atoms with Crippen LogP contribution in [-0.2, 0) is 28.6 Å². The first-order valence-corrected chi connectivity index (χ1v) is 8.43. The molecule has 12 heteroatoms. The Balaban J connectivity index is 2.11. The van der Waals surface area contributed by atoms with Gasteiger partial charge in [-0.1, -0.05) is 0 Å². The van der Waals surface area contributed by atoms with Gasteiger partial charge in [-0.15, -0.1) is 0 Å². The molecule has 3 rings (SSSR count). The largest absolute Gasteiger partial charge is 0.468 e. The van der Waals surface area contributed by atoms with Crippen LogP contribution in [0, 0.1) is 0 Å². The second-order valence-corrected chi connectivity index (χ2v) is 6.27. The number of anilines is 2. The molecule has 0 unspecified atom stereocenters. The Morgan fingerprint density at radius 1 is 1.18 bits per heavy atom. The molecule has 28 heavy (non-hydrogen) atoms. The number of carbonyl (C=O) groups is 3. The van der Waals surface area contributed by atoms with E-state index in [1.165, 1.54) is 27.9 Å². The van der Waals surface area contributed by atoms with Crippen molar-refractivity contribution in [1.29, 1.82) is 0 Å².